The van der Waals surface area contributed by atoms with Gasteiger partial charge in [-0.2, -0.15) is 0 Å². The molecule has 4 nitrogen and oxygen atoms in total. The standard InChI is InChI=1S/C24H31NO3/c1-3-28-22-11-7-19(8-12-22)16-25(21-9-10-21)17-24(13-14-27-18-24)20-5-4-6-23(15-20)26-2/h4-8,11-12,15,21H,3,9-10,13-14,16-18H2,1-2H3/t24-/m1/s1. The molecule has 1 atom stereocenters. The highest BCUT2D eigenvalue weighted by atomic mass is 16.5. The number of ether oxygens (including phenoxy) is 3. The molecular weight excluding hydrogens is 350 g/mol. The molecule has 0 N–H and O–H groups in total. The van der Waals surface area contributed by atoms with Gasteiger partial charge in [-0.25, -0.2) is 0 Å². The molecule has 1 saturated carbocycles. The number of hydrogen-bond donors (Lipinski definition) is 0. The molecule has 0 spiro atoms. The first-order valence-corrected chi connectivity index (χ1v) is 10.4. The summed E-state index contributed by atoms with van der Waals surface area (Å²) in [7, 11) is 1.74. The molecule has 1 aliphatic carbocycles. The van der Waals surface area contributed by atoms with Gasteiger partial charge in [0, 0.05) is 31.2 Å². The van der Waals surface area contributed by atoms with E-state index in [4.69, 9.17) is 14.2 Å². The zero-order valence-corrected chi connectivity index (χ0v) is 17.0. The van der Waals surface area contributed by atoms with Crippen LogP contribution in [0.5, 0.6) is 11.5 Å². The maximum atomic E-state index is 5.90. The molecule has 1 aliphatic heterocycles. The van der Waals surface area contributed by atoms with Crippen molar-refractivity contribution in [2.75, 3.05) is 33.5 Å². The molecule has 4 rings (SSSR count). The Morgan fingerprint density at radius 3 is 2.57 bits per heavy atom. The number of methoxy groups -OCH3 is 1. The molecule has 1 heterocycles. The maximum absolute atomic E-state index is 5.90. The van der Waals surface area contributed by atoms with Gasteiger partial charge in [0.2, 0.25) is 0 Å². The van der Waals surface area contributed by atoms with Crippen LogP contribution in [0.4, 0.5) is 0 Å². The third kappa shape index (κ3) is 4.34. The number of rotatable bonds is 9. The fourth-order valence-corrected chi connectivity index (χ4v) is 4.24. The second kappa shape index (κ2) is 8.54. The highest BCUT2D eigenvalue weighted by molar-refractivity contribution is 5.35. The highest BCUT2D eigenvalue weighted by Crippen LogP contribution is 2.39. The van der Waals surface area contributed by atoms with E-state index in [1.165, 1.54) is 24.0 Å². The summed E-state index contributed by atoms with van der Waals surface area (Å²) in [4.78, 5) is 2.66. The van der Waals surface area contributed by atoms with E-state index in [-0.39, 0.29) is 5.41 Å². The van der Waals surface area contributed by atoms with Crippen molar-refractivity contribution < 1.29 is 14.2 Å². The van der Waals surface area contributed by atoms with Crippen LogP contribution in [-0.4, -0.2) is 44.4 Å². The van der Waals surface area contributed by atoms with E-state index in [2.05, 4.69) is 47.4 Å². The minimum atomic E-state index is 0.0440. The van der Waals surface area contributed by atoms with Gasteiger partial charge >= 0.3 is 0 Å². The maximum Gasteiger partial charge on any atom is 0.119 e. The Morgan fingerprint density at radius 2 is 1.93 bits per heavy atom. The van der Waals surface area contributed by atoms with E-state index in [9.17, 15) is 0 Å². The lowest BCUT2D eigenvalue weighted by atomic mass is 9.79. The number of nitrogens with zero attached hydrogens (tertiary/aromatic N) is 1. The second-order valence-electron chi connectivity index (χ2n) is 8.03. The SMILES string of the molecule is CCOc1ccc(CN(C[C@]2(c3cccc(OC)c3)CCOC2)C2CC2)cc1. The largest absolute Gasteiger partial charge is 0.497 e. The van der Waals surface area contributed by atoms with Gasteiger partial charge in [-0.05, 0) is 61.6 Å². The summed E-state index contributed by atoms with van der Waals surface area (Å²) in [5, 5.41) is 0. The summed E-state index contributed by atoms with van der Waals surface area (Å²) in [6.07, 6.45) is 3.66. The predicted molar refractivity (Wildman–Crippen MR) is 111 cm³/mol. The van der Waals surface area contributed by atoms with Crippen LogP contribution in [0, 0.1) is 0 Å². The zero-order valence-electron chi connectivity index (χ0n) is 17.0. The molecule has 0 bridgehead atoms. The van der Waals surface area contributed by atoms with Gasteiger partial charge in [0.05, 0.1) is 20.3 Å². The average molecular weight is 382 g/mol. The highest BCUT2D eigenvalue weighted by Gasteiger charge is 2.41. The molecule has 0 aromatic heterocycles. The Kier molecular flexibility index (Phi) is 5.88. The quantitative estimate of drug-likeness (QED) is 0.643. The lowest BCUT2D eigenvalue weighted by Crippen LogP contribution is -2.42. The molecule has 28 heavy (non-hydrogen) atoms. The Hall–Kier alpha value is -2.04. The van der Waals surface area contributed by atoms with Crippen molar-refractivity contribution in [3.8, 4) is 11.5 Å². The lowest BCUT2D eigenvalue weighted by Gasteiger charge is -2.35. The molecule has 2 aromatic rings. The summed E-state index contributed by atoms with van der Waals surface area (Å²) in [6, 6.07) is 17.8. The van der Waals surface area contributed by atoms with Crippen molar-refractivity contribution in [1.82, 2.24) is 4.90 Å². The van der Waals surface area contributed by atoms with Crippen molar-refractivity contribution in [2.45, 2.75) is 44.2 Å². The van der Waals surface area contributed by atoms with Gasteiger partial charge < -0.3 is 14.2 Å². The fraction of sp³-hybridized carbons (Fsp3) is 0.500. The van der Waals surface area contributed by atoms with Gasteiger partial charge in [-0.1, -0.05) is 24.3 Å². The smallest absolute Gasteiger partial charge is 0.119 e. The molecule has 1 saturated heterocycles. The van der Waals surface area contributed by atoms with E-state index in [0.29, 0.717) is 12.6 Å². The first-order chi connectivity index (χ1) is 13.7. The minimum absolute atomic E-state index is 0.0440. The Bertz CT molecular complexity index is 764. The second-order valence-corrected chi connectivity index (χ2v) is 8.03. The molecule has 2 aromatic carbocycles. The molecule has 0 unspecified atom stereocenters. The predicted octanol–water partition coefficient (Wildman–Crippen LogP) is 4.42. The Labute approximate surface area is 168 Å². The molecule has 2 aliphatic rings. The molecule has 0 amide bonds. The van der Waals surface area contributed by atoms with Gasteiger partial charge in [-0.15, -0.1) is 0 Å². The van der Waals surface area contributed by atoms with Gasteiger partial charge in [0.1, 0.15) is 11.5 Å². The molecule has 4 heteroatoms. The Morgan fingerprint density at radius 1 is 1.11 bits per heavy atom. The third-order valence-electron chi connectivity index (χ3n) is 5.97. The van der Waals surface area contributed by atoms with Gasteiger partial charge in [0.15, 0.2) is 0 Å². The van der Waals surface area contributed by atoms with Crippen LogP contribution in [-0.2, 0) is 16.7 Å². The van der Waals surface area contributed by atoms with E-state index in [0.717, 1.165) is 44.2 Å². The van der Waals surface area contributed by atoms with Gasteiger partial charge in [0.25, 0.3) is 0 Å². The first-order valence-electron chi connectivity index (χ1n) is 10.4. The molecule has 2 fully saturated rings. The molecule has 0 radical (unpaired) electrons. The van der Waals surface area contributed by atoms with E-state index < -0.39 is 0 Å². The van der Waals surface area contributed by atoms with E-state index in [1.807, 2.05) is 13.0 Å². The zero-order chi connectivity index (χ0) is 19.4. The summed E-state index contributed by atoms with van der Waals surface area (Å²) in [5.74, 6) is 1.87. The number of hydrogen-bond acceptors (Lipinski definition) is 4. The van der Waals surface area contributed by atoms with E-state index in [1.54, 1.807) is 7.11 Å². The normalized spacial score (nSPS) is 21.8. The summed E-state index contributed by atoms with van der Waals surface area (Å²) >= 11 is 0. The van der Waals surface area contributed by atoms with Crippen LogP contribution in [0.1, 0.15) is 37.3 Å². The minimum Gasteiger partial charge on any atom is -0.497 e. The van der Waals surface area contributed by atoms with Crippen molar-refractivity contribution in [3.05, 3.63) is 59.7 Å². The third-order valence-corrected chi connectivity index (χ3v) is 5.97. The van der Waals surface area contributed by atoms with Crippen LogP contribution >= 0.6 is 0 Å². The number of benzene rings is 2. The topological polar surface area (TPSA) is 30.9 Å². The van der Waals surface area contributed by atoms with Crippen LogP contribution in [0.2, 0.25) is 0 Å². The van der Waals surface area contributed by atoms with Crippen LogP contribution < -0.4 is 9.47 Å². The Balaban J connectivity index is 1.53. The summed E-state index contributed by atoms with van der Waals surface area (Å²) in [6.45, 7) is 6.34. The fourth-order valence-electron chi connectivity index (χ4n) is 4.24. The van der Waals surface area contributed by atoms with Crippen molar-refractivity contribution in [2.24, 2.45) is 0 Å². The monoisotopic (exact) mass is 381 g/mol. The van der Waals surface area contributed by atoms with E-state index >= 15 is 0 Å². The van der Waals surface area contributed by atoms with Crippen LogP contribution in [0.3, 0.4) is 0 Å². The van der Waals surface area contributed by atoms with Crippen molar-refractivity contribution in [3.63, 3.8) is 0 Å². The van der Waals surface area contributed by atoms with Gasteiger partial charge in [-0.3, -0.25) is 4.90 Å². The average Bonchev–Trinajstić information content (AvgIpc) is 3.48. The van der Waals surface area contributed by atoms with Crippen molar-refractivity contribution >= 4 is 0 Å². The lowest BCUT2D eigenvalue weighted by molar-refractivity contribution is 0.143. The van der Waals surface area contributed by atoms with Crippen LogP contribution in [0.25, 0.3) is 0 Å². The molecular formula is C24H31NO3. The van der Waals surface area contributed by atoms with Crippen molar-refractivity contribution in [1.29, 1.82) is 0 Å². The first kappa shape index (κ1) is 19.3. The summed E-state index contributed by atoms with van der Waals surface area (Å²) < 4.78 is 17.0. The summed E-state index contributed by atoms with van der Waals surface area (Å²) in [5.41, 5.74) is 2.72. The molecule has 150 valence electrons. The van der Waals surface area contributed by atoms with Crippen LogP contribution in [0.15, 0.2) is 48.5 Å².